The van der Waals surface area contributed by atoms with Crippen molar-refractivity contribution in [1.82, 2.24) is 5.41 Å². The van der Waals surface area contributed by atoms with Crippen LogP contribution in [0.1, 0.15) is 13.8 Å². The van der Waals surface area contributed by atoms with Gasteiger partial charge in [-0.25, -0.2) is 0 Å². The first-order valence-electron chi connectivity index (χ1n) is 1.75. The zero-order valence-electron chi connectivity index (χ0n) is 3.60. The molecule has 0 spiro atoms. The standard InChI is InChI=1S/C4H8N/c1-4(2)3-5/h3-4H,1-2H3. The van der Waals surface area contributed by atoms with Gasteiger partial charge in [-0.15, -0.1) is 0 Å². The van der Waals surface area contributed by atoms with E-state index in [0.29, 0.717) is 5.92 Å². The maximum atomic E-state index is 8.02. The molecule has 1 nitrogen and oxygen atoms in total. The highest BCUT2D eigenvalue weighted by molar-refractivity contribution is 5.56. The van der Waals surface area contributed by atoms with Gasteiger partial charge in [0.25, 0.3) is 0 Å². The van der Waals surface area contributed by atoms with Crippen molar-refractivity contribution in [2.45, 2.75) is 13.8 Å². The molecular formula is C4H8N. The summed E-state index contributed by atoms with van der Waals surface area (Å²) in [5, 5.41) is 8.02. The lowest BCUT2D eigenvalue weighted by Crippen LogP contribution is -1.84. The fraction of sp³-hybridized carbons (Fsp3) is 0.750. The Morgan fingerprint density at radius 1 is 1.60 bits per heavy atom. The first kappa shape index (κ1) is 4.67. The number of nitrogens with zero attached hydrogens (tertiary/aromatic N) is 1. The maximum absolute atomic E-state index is 8.02. The zero-order valence-corrected chi connectivity index (χ0v) is 3.60. The van der Waals surface area contributed by atoms with E-state index in [4.69, 9.17) is 5.41 Å². The lowest BCUT2D eigenvalue weighted by atomic mass is 10.3. The van der Waals surface area contributed by atoms with Crippen molar-refractivity contribution in [3.05, 3.63) is 0 Å². The van der Waals surface area contributed by atoms with Crippen LogP contribution < -0.4 is 5.41 Å². The molecule has 0 aliphatic rings. The number of hydrogen-bond donors (Lipinski definition) is 0. The van der Waals surface area contributed by atoms with Crippen LogP contribution >= 0.6 is 0 Å². The molecule has 29 valence electrons. The van der Waals surface area contributed by atoms with Crippen molar-refractivity contribution in [1.29, 1.82) is 0 Å². The minimum atomic E-state index is 0.315. The molecule has 1 heteroatoms. The third-order valence-corrected chi connectivity index (χ3v) is 0.298. The lowest BCUT2D eigenvalue weighted by Gasteiger charge is -1.81. The van der Waals surface area contributed by atoms with Gasteiger partial charge in [-0.05, 0) is 5.92 Å². The van der Waals surface area contributed by atoms with Crippen LogP contribution in [-0.4, -0.2) is 6.21 Å². The molecule has 0 atom stereocenters. The fourth-order valence-corrected chi connectivity index (χ4v) is 0. The second-order valence-corrected chi connectivity index (χ2v) is 1.39. The summed E-state index contributed by atoms with van der Waals surface area (Å²) >= 11 is 0. The summed E-state index contributed by atoms with van der Waals surface area (Å²) in [6.07, 6.45) is 1.17. The van der Waals surface area contributed by atoms with E-state index in [9.17, 15) is 0 Å². The van der Waals surface area contributed by atoms with E-state index >= 15 is 0 Å². The fourth-order valence-electron chi connectivity index (χ4n) is 0. The monoisotopic (exact) mass is 70.1 g/mol. The Kier molecular flexibility index (Phi) is 1.81. The average molecular weight is 70.1 g/mol. The Morgan fingerprint density at radius 3 is 1.80 bits per heavy atom. The first-order chi connectivity index (χ1) is 2.27. The second kappa shape index (κ2) is 1.94. The van der Waals surface area contributed by atoms with E-state index in [1.54, 1.807) is 0 Å². The van der Waals surface area contributed by atoms with Gasteiger partial charge in [0.05, 0.1) is 0 Å². The van der Waals surface area contributed by atoms with Crippen LogP contribution in [0.5, 0.6) is 0 Å². The molecule has 0 aliphatic carbocycles. The molecule has 0 aliphatic heterocycles. The van der Waals surface area contributed by atoms with Crippen LogP contribution in [0.3, 0.4) is 0 Å². The zero-order chi connectivity index (χ0) is 4.28. The van der Waals surface area contributed by atoms with Crippen LogP contribution in [0.25, 0.3) is 0 Å². The number of rotatable bonds is 1. The predicted octanol–water partition coefficient (Wildman–Crippen LogP) is 0.513. The first-order valence-corrected chi connectivity index (χ1v) is 1.75. The average Bonchev–Trinajstić information content (AvgIpc) is 1.38. The summed E-state index contributed by atoms with van der Waals surface area (Å²) in [5.41, 5.74) is 0. The van der Waals surface area contributed by atoms with Crippen molar-refractivity contribution < 1.29 is 0 Å². The molecule has 0 heterocycles. The van der Waals surface area contributed by atoms with E-state index in [1.807, 2.05) is 13.8 Å². The Bertz CT molecular complexity index is 30.6. The molecule has 0 fully saturated rings. The quantitative estimate of drug-likeness (QED) is 0.401. The van der Waals surface area contributed by atoms with E-state index < -0.39 is 0 Å². The normalized spacial score (nSPS) is 8.60. The molecule has 0 unspecified atom stereocenters. The summed E-state index contributed by atoms with van der Waals surface area (Å²) in [6.45, 7) is 3.83. The molecule has 0 N–H and O–H groups in total. The molecule has 0 saturated heterocycles. The van der Waals surface area contributed by atoms with Crippen LogP contribution in [0.15, 0.2) is 0 Å². The summed E-state index contributed by atoms with van der Waals surface area (Å²) in [4.78, 5) is 0. The van der Waals surface area contributed by atoms with Gasteiger partial charge in [0.2, 0.25) is 0 Å². The summed E-state index contributed by atoms with van der Waals surface area (Å²) in [5.74, 6) is 0.315. The summed E-state index contributed by atoms with van der Waals surface area (Å²) in [7, 11) is 0. The van der Waals surface area contributed by atoms with Crippen molar-refractivity contribution in [2.24, 2.45) is 5.92 Å². The van der Waals surface area contributed by atoms with Gasteiger partial charge in [0, 0.05) is 6.21 Å². The van der Waals surface area contributed by atoms with Gasteiger partial charge < -0.3 is 0 Å². The molecule has 5 heavy (non-hydrogen) atoms. The van der Waals surface area contributed by atoms with Crippen LogP contribution in [0.4, 0.5) is 0 Å². The maximum Gasteiger partial charge on any atom is 0.0295 e. The Morgan fingerprint density at radius 2 is 1.80 bits per heavy atom. The minimum Gasteiger partial charge on any atom is -0.164 e. The lowest BCUT2D eigenvalue weighted by molar-refractivity contribution is 0.909. The smallest absolute Gasteiger partial charge is 0.0295 e. The van der Waals surface area contributed by atoms with Crippen molar-refractivity contribution in [3.63, 3.8) is 0 Å². The summed E-state index contributed by atoms with van der Waals surface area (Å²) < 4.78 is 0. The highest BCUT2D eigenvalue weighted by Gasteiger charge is 1.77. The van der Waals surface area contributed by atoms with E-state index in [1.165, 1.54) is 6.21 Å². The van der Waals surface area contributed by atoms with Gasteiger partial charge in [-0.2, -0.15) is 5.41 Å². The minimum absolute atomic E-state index is 0.315. The van der Waals surface area contributed by atoms with E-state index in [-0.39, 0.29) is 0 Å². The van der Waals surface area contributed by atoms with Gasteiger partial charge in [0.15, 0.2) is 0 Å². The third kappa shape index (κ3) is 3.67. The summed E-state index contributed by atoms with van der Waals surface area (Å²) in [6, 6.07) is 0. The third-order valence-electron chi connectivity index (χ3n) is 0.298. The van der Waals surface area contributed by atoms with E-state index in [0.717, 1.165) is 0 Å². The Labute approximate surface area is 32.5 Å². The van der Waals surface area contributed by atoms with Crippen molar-refractivity contribution in [2.75, 3.05) is 0 Å². The topological polar surface area (TPSA) is 22.3 Å². The highest BCUT2D eigenvalue weighted by Crippen LogP contribution is 1.78. The highest BCUT2D eigenvalue weighted by atomic mass is 14.3. The second-order valence-electron chi connectivity index (χ2n) is 1.39. The van der Waals surface area contributed by atoms with Gasteiger partial charge in [0.1, 0.15) is 0 Å². The molecule has 0 rings (SSSR count). The van der Waals surface area contributed by atoms with Crippen LogP contribution in [0.2, 0.25) is 0 Å². The van der Waals surface area contributed by atoms with E-state index in [2.05, 4.69) is 0 Å². The largest absolute Gasteiger partial charge is 0.164 e. The molecule has 0 aromatic rings. The SMILES string of the molecule is CC(C)C=[N]. The molecule has 0 aromatic carbocycles. The Balaban J connectivity index is 2.83. The molecular weight excluding hydrogens is 62.1 g/mol. The van der Waals surface area contributed by atoms with Crippen LogP contribution in [-0.2, 0) is 0 Å². The molecule has 0 aromatic heterocycles. The number of hydrogen-bond acceptors (Lipinski definition) is 0. The molecule has 0 saturated carbocycles. The van der Waals surface area contributed by atoms with Crippen molar-refractivity contribution in [3.8, 4) is 0 Å². The molecule has 0 bridgehead atoms. The Hall–Kier alpha value is -0.330. The molecule has 1 radical (unpaired) electrons. The van der Waals surface area contributed by atoms with Crippen molar-refractivity contribution >= 4 is 6.21 Å². The van der Waals surface area contributed by atoms with Gasteiger partial charge in [-0.3, -0.25) is 0 Å². The predicted molar refractivity (Wildman–Crippen MR) is 23.0 cm³/mol. The van der Waals surface area contributed by atoms with Gasteiger partial charge >= 0.3 is 0 Å². The van der Waals surface area contributed by atoms with Gasteiger partial charge in [-0.1, -0.05) is 13.8 Å². The molecule has 0 amide bonds. The van der Waals surface area contributed by atoms with Crippen LogP contribution in [0, 0.1) is 5.92 Å².